The quantitative estimate of drug-likeness (QED) is 0.908. The van der Waals surface area contributed by atoms with E-state index in [9.17, 15) is 9.90 Å². The van der Waals surface area contributed by atoms with Gasteiger partial charge in [0.25, 0.3) is 0 Å². The number of aliphatic hydroxyl groups excluding tert-OH is 1. The van der Waals surface area contributed by atoms with Crippen molar-refractivity contribution in [3.63, 3.8) is 0 Å². The van der Waals surface area contributed by atoms with Crippen LogP contribution in [-0.2, 0) is 14.9 Å². The largest absolute Gasteiger partial charge is 0.497 e. The Hall–Kier alpha value is -1.59. The Morgan fingerprint density at radius 1 is 1.24 bits per heavy atom. The predicted octanol–water partition coefficient (Wildman–Crippen LogP) is 2.12. The fraction of sp³-hybridized carbons (Fsp3) is 0.650. The monoisotopic (exact) mass is 345 g/mol. The minimum Gasteiger partial charge on any atom is -0.497 e. The molecule has 25 heavy (non-hydrogen) atoms. The van der Waals surface area contributed by atoms with E-state index in [1.165, 1.54) is 19.3 Å². The fourth-order valence-corrected chi connectivity index (χ4v) is 5.04. The van der Waals surface area contributed by atoms with Crippen molar-refractivity contribution in [3.8, 4) is 5.75 Å². The van der Waals surface area contributed by atoms with Gasteiger partial charge in [0.05, 0.1) is 37.9 Å². The molecule has 4 rings (SSSR count). The molecule has 2 atom stereocenters. The summed E-state index contributed by atoms with van der Waals surface area (Å²) in [5.41, 5.74) is 0.960. The maximum absolute atomic E-state index is 13.5. The first-order valence-electron chi connectivity index (χ1n) is 9.17. The first-order chi connectivity index (χ1) is 12.0. The van der Waals surface area contributed by atoms with E-state index in [4.69, 9.17) is 9.47 Å². The molecule has 1 heterocycles. The van der Waals surface area contributed by atoms with Gasteiger partial charge in [-0.1, -0.05) is 18.6 Å². The lowest BCUT2D eigenvalue weighted by molar-refractivity contribution is -0.155. The average Bonchev–Trinajstić information content (AvgIpc) is 2.98. The molecule has 3 fully saturated rings. The third kappa shape index (κ3) is 2.56. The van der Waals surface area contributed by atoms with Crippen LogP contribution in [0.3, 0.4) is 0 Å². The number of likely N-dealkylation sites (N-methyl/N-ethyl adjacent to an activating group) is 1. The van der Waals surface area contributed by atoms with Crippen molar-refractivity contribution in [1.82, 2.24) is 4.90 Å². The van der Waals surface area contributed by atoms with Gasteiger partial charge in [0.15, 0.2) is 0 Å². The summed E-state index contributed by atoms with van der Waals surface area (Å²) in [5.74, 6) is 0.918. The summed E-state index contributed by atoms with van der Waals surface area (Å²) in [6.07, 6.45) is 4.98. The Labute approximate surface area is 148 Å². The van der Waals surface area contributed by atoms with Crippen LogP contribution in [0.5, 0.6) is 5.75 Å². The van der Waals surface area contributed by atoms with Crippen LogP contribution in [0.4, 0.5) is 0 Å². The number of methoxy groups -OCH3 is 1. The van der Waals surface area contributed by atoms with Crippen molar-refractivity contribution in [2.45, 2.75) is 49.7 Å². The molecule has 0 aromatic heterocycles. The second kappa shape index (κ2) is 5.99. The number of amides is 1. The van der Waals surface area contributed by atoms with E-state index in [1.54, 1.807) is 12.0 Å². The second-order valence-electron chi connectivity index (χ2n) is 8.11. The molecule has 2 aliphatic carbocycles. The van der Waals surface area contributed by atoms with Crippen LogP contribution in [0.1, 0.15) is 37.7 Å². The first-order valence-corrected chi connectivity index (χ1v) is 9.17. The van der Waals surface area contributed by atoms with Gasteiger partial charge in [-0.05, 0) is 48.8 Å². The highest BCUT2D eigenvalue weighted by atomic mass is 16.5. The molecule has 1 amide bonds. The summed E-state index contributed by atoms with van der Waals surface area (Å²) < 4.78 is 10.6. The molecular formula is C20H27NO4. The van der Waals surface area contributed by atoms with Gasteiger partial charge in [0, 0.05) is 7.05 Å². The molecule has 0 unspecified atom stereocenters. The van der Waals surface area contributed by atoms with E-state index in [-0.39, 0.29) is 11.9 Å². The van der Waals surface area contributed by atoms with E-state index in [0.29, 0.717) is 18.6 Å². The fourth-order valence-electron chi connectivity index (χ4n) is 5.04. The lowest BCUT2D eigenvalue weighted by Gasteiger charge is -2.61. The van der Waals surface area contributed by atoms with E-state index in [1.807, 2.05) is 31.3 Å². The van der Waals surface area contributed by atoms with Crippen molar-refractivity contribution in [2.24, 2.45) is 5.41 Å². The molecule has 1 aromatic rings. The smallest absolute Gasteiger partial charge is 0.233 e. The second-order valence-corrected chi connectivity index (χ2v) is 8.11. The molecule has 136 valence electrons. The molecule has 1 saturated heterocycles. The molecule has 5 heteroatoms. The number of nitrogens with zero attached hydrogens (tertiary/aromatic N) is 1. The maximum atomic E-state index is 13.5. The highest BCUT2D eigenvalue weighted by Gasteiger charge is 2.62. The molecule has 3 aliphatic rings. The number of ether oxygens (including phenoxy) is 2. The van der Waals surface area contributed by atoms with Gasteiger partial charge in [0.1, 0.15) is 5.75 Å². The number of benzene rings is 1. The minimum absolute atomic E-state index is 0.116. The summed E-state index contributed by atoms with van der Waals surface area (Å²) in [6.45, 7) is 0.717. The average molecular weight is 345 g/mol. The van der Waals surface area contributed by atoms with Crippen LogP contribution in [0.2, 0.25) is 0 Å². The Kier molecular flexibility index (Phi) is 4.04. The van der Waals surface area contributed by atoms with Gasteiger partial charge in [0.2, 0.25) is 5.91 Å². The number of carbonyl (C=O) groups excluding carboxylic acids is 1. The molecule has 2 saturated carbocycles. The molecular weight excluding hydrogens is 318 g/mol. The van der Waals surface area contributed by atoms with E-state index >= 15 is 0 Å². The highest BCUT2D eigenvalue weighted by molar-refractivity contribution is 5.90. The zero-order valence-corrected chi connectivity index (χ0v) is 15.0. The van der Waals surface area contributed by atoms with Gasteiger partial charge < -0.3 is 19.5 Å². The number of carbonyl (C=O) groups is 1. The summed E-state index contributed by atoms with van der Waals surface area (Å²) in [7, 11) is 3.46. The topological polar surface area (TPSA) is 59.0 Å². The van der Waals surface area contributed by atoms with Crippen LogP contribution in [0, 0.1) is 5.41 Å². The summed E-state index contributed by atoms with van der Waals surface area (Å²) in [5, 5.41) is 10.1. The third-order valence-corrected chi connectivity index (χ3v) is 6.66. The zero-order valence-electron chi connectivity index (χ0n) is 15.0. The first kappa shape index (κ1) is 16.9. The van der Waals surface area contributed by atoms with E-state index in [2.05, 4.69) is 0 Å². The number of rotatable bonds is 4. The molecule has 1 N–H and O–H groups in total. The molecule has 1 aliphatic heterocycles. The van der Waals surface area contributed by atoms with Gasteiger partial charge in [-0.25, -0.2) is 0 Å². The van der Waals surface area contributed by atoms with Gasteiger partial charge in [-0.3, -0.25) is 4.79 Å². The van der Waals surface area contributed by atoms with Crippen LogP contribution in [0.15, 0.2) is 24.3 Å². The van der Waals surface area contributed by atoms with Crippen molar-refractivity contribution >= 4 is 5.91 Å². The van der Waals surface area contributed by atoms with Gasteiger partial charge in [-0.15, -0.1) is 0 Å². The highest BCUT2D eigenvalue weighted by Crippen LogP contribution is 2.65. The summed E-state index contributed by atoms with van der Waals surface area (Å²) in [6, 6.07) is 7.67. The number of hydrogen-bond donors (Lipinski definition) is 1. The Bertz CT molecular complexity index is 644. The standard InChI is InChI=1S/C20H27NO4/c1-21(16-10-25-11-17(16)22)18(23)20(12-19(13-20)8-3-9-19)14-4-6-15(24-2)7-5-14/h4-7,16-17,22H,3,8-13H2,1-2H3/t16-,17-/m1/s1. The number of aliphatic hydroxyl groups is 1. The molecule has 0 radical (unpaired) electrons. The normalized spacial score (nSPS) is 28.9. The van der Waals surface area contributed by atoms with E-state index in [0.717, 1.165) is 24.2 Å². The van der Waals surface area contributed by atoms with Gasteiger partial charge >= 0.3 is 0 Å². The van der Waals surface area contributed by atoms with Crippen LogP contribution >= 0.6 is 0 Å². The number of hydrogen-bond acceptors (Lipinski definition) is 4. The predicted molar refractivity (Wildman–Crippen MR) is 93.6 cm³/mol. The van der Waals surface area contributed by atoms with Crippen molar-refractivity contribution in [3.05, 3.63) is 29.8 Å². The zero-order chi connectivity index (χ0) is 17.7. The molecule has 1 aromatic carbocycles. The van der Waals surface area contributed by atoms with Crippen LogP contribution in [0.25, 0.3) is 0 Å². The Balaban J connectivity index is 1.62. The molecule has 0 bridgehead atoms. The van der Waals surface area contributed by atoms with Crippen LogP contribution < -0.4 is 4.74 Å². The minimum atomic E-state index is -0.598. The molecule has 1 spiro atoms. The SMILES string of the molecule is COc1ccc(C2(C(=O)N(C)[C@@H]3COC[C@H]3O)CC3(CCC3)C2)cc1. The lowest BCUT2D eigenvalue weighted by atomic mass is 9.43. The van der Waals surface area contributed by atoms with Crippen molar-refractivity contribution in [1.29, 1.82) is 0 Å². The summed E-state index contributed by atoms with van der Waals surface area (Å²) in [4.78, 5) is 15.2. The maximum Gasteiger partial charge on any atom is 0.233 e. The molecule has 5 nitrogen and oxygen atoms in total. The lowest BCUT2D eigenvalue weighted by Crippen LogP contribution is -2.62. The Morgan fingerprint density at radius 2 is 1.92 bits per heavy atom. The van der Waals surface area contributed by atoms with E-state index < -0.39 is 11.5 Å². The summed E-state index contributed by atoms with van der Waals surface area (Å²) >= 11 is 0. The van der Waals surface area contributed by atoms with Crippen molar-refractivity contribution < 1.29 is 19.4 Å². The third-order valence-electron chi connectivity index (χ3n) is 6.66. The van der Waals surface area contributed by atoms with Crippen LogP contribution in [-0.4, -0.2) is 55.4 Å². The van der Waals surface area contributed by atoms with Crippen molar-refractivity contribution in [2.75, 3.05) is 27.4 Å². The Morgan fingerprint density at radius 3 is 2.40 bits per heavy atom. The van der Waals surface area contributed by atoms with Gasteiger partial charge in [-0.2, -0.15) is 0 Å².